The van der Waals surface area contributed by atoms with Gasteiger partial charge in [-0.15, -0.1) is 0 Å². The number of amides is 1. The summed E-state index contributed by atoms with van der Waals surface area (Å²) in [4.78, 5) is 31.1. The molecular weight excluding hydrogens is 302 g/mol. The minimum absolute atomic E-state index is 0.174. The van der Waals surface area contributed by atoms with Crippen LogP contribution in [0.2, 0.25) is 0 Å². The summed E-state index contributed by atoms with van der Waals surface area (Å²) in [7, 11) is 1.75. The zero-order valence-corrected chi connectivity index (χ0v) is 13.4. The van der Waals surface area contributed by atoms with Crippen LogP contribution in [0.3, 0.4) is 0 Å². The fourth-order valence-corrected chi connectivity index (χ4v) is 3.12. The van der Waals surface area contributed by atoms with Crippen molar-refractivity contribution in [3.8, 4) is 0 Å². The average Bonchev–Trinajstić information content (AvgIpc) is 3.03. The van der Waals surface area contributed by atoms with E-state index < -0.39 is 11.6 Å². The molecule has 0 aromatic carbocycles. The molecule has 2 aliphatic heterocycles. The Balaban J connectivity index is 1.67. The van der Waals surface area contributed by atoms with Crippen molar-refractivity contribution in [3.63, 3.8) is 0 Å². The Kier molecular flexibility index (Phi) is 4.14. The lowest BCUT2D eigenvalue weighted by atomic mass is 9.95. The Labute approximate surface area is 134 Å². The number of ether oxygens (including phenoxy) is 2. The van der Waals surface area contributed by atoms with E-state index in [4.69, 9.17) is 13.9 Å². The van der Waals surface area contributed by atoms with Gasteiger partial charge in [0.15, 0.2) is 5.69 Å². The molecule has 0 aliphatic carbocycles. The van der Waals surface area contributed by atoms with Crippen LogP contribution in [0.15, 0.2) is 10.7 Å². The minimum Gasteiger partial charge on any atom is -0.461 e. The summed E-state index contributed by atoms with van der Waals surface area (Å²) in [6.45, 7) is 4.05. The molecule has 1 amide bonds. The summed E-state index contributed by atoms with van der Waals surface area (Å²) in [5.41, 5.74) is -0.246. The summed E-state index contributed by atoms with van der Waals surface area (Å²) in [5, 5.41) is 0. The average molecular weight is 323 g/mol. The highest BCUT2D eigenvalue weighted by Gasteiger charge is 2.44. The van der Waals surface area contributed by atoms with Crippen LogP contribution in [-0.2, 0) is 9.47 Å². The van der Waals surface area contributed by atoms with E-state index in [1.165, 1.54) is 6.26 Å². The molecule has 3 heterocycles. The summed E-state index contributed by atoms with van der Waals surface area (Å²) < 4.78 is 15.9. The van der Waals surface area contributed by atoms with Crippen molar-refractivity contribution in [2.75, 3.05) is 38.2 Å². The molecule has 2 aliphatic rings. The van der Waals surface area contributed by atoms with E-state index in [-0.39, 0.29) is 11.8 Å². The predicted octanol–water partition coefficient (Wildman–Crippen LogP) is 1.66. The second-order valence-electron chi connectivity index (χ2n) is 5.98. The molecule has 1 aromatic rings. The highest BCUT2D eigenvalue weighted by Crippen LogP contribution is 2.33. The zero-order valence-electron chi connectivity index (χ0n) is 13.4. The van der Waals surface area contributed by atoms with E-state index in [9.17, 15) is 9.59 Å². The Morgan fingerprint density at radius 2 is 2.26 bits per heavy atom. The van der Waals surface area contributed by atoms with E-state index >= 15 is 0 Å². The van der Waals surface area contributed by atoms with Crippen LogP contribution in [0.4, 0.5) is 10.8 Å². The third-order valence-electron chi connectivity index (χ3n) is 4.29. The van der Waals surface area contributed by atoms with E-state index in [0.717, 1.165) is 19.4 Å². The number of esters is 1. The molecule has 1 aromatic heterocycles. The second-order valence-corrected chi connectivity index (χ2v) is 5.98. The minimum atomic E-state index is -0.486. The SMILES string of the molecule is CCOC(=O)c1coc(N2CCC[C@]3(CC2)CN(C)C(=O)O3)n1. The van der Waals surface area contributed by atoms with Gasteiger partial charge >= 0.3 is 12.1 Å². The lowest BCUT2D eigenvalue weighted by Crippen LogP contribution is -2.35. The Bertz CT molecular complexity index is 602. The molecule has 0 unspecified atom stereocenters. The fraction of sp³-hybridized carbons (Fsp3) is 0.667. The normalized spacial score (nSPS) is 24.7. The summed E-state index contributed by atoms with van der Waals surface area (Å²) in [6.07, 6.45) is 3.43. The van der Waals surface area contributed by atoms with Gasteiger partial charge < -0.3 is 23.7 Å². The summed E-state index contributed by atoms with van der Waals surface area (Å²) >= 11 is 0. The van der Waals surface area contributed by atoms with Crippen molar-refractivity contribution in [2.45, 2.75) is 31.8 Å². The third-order valence-corrected chi connectivity index (χ3v) is 4.29. The molecular formula is C15H21N3O5. The summed E-state index contributed by atoms with van der Waals surface area (Å²) in [5.74, 6) is -0.486. The van der Waals surface area contributed by atoms with Gasteiger partial charge in [0.1, 0.15) is 11.9 Å². The molecule has 8 heteroatoms. The van der Waals surface area contributed by atoms with E-state index in [0.29, 0.717) is 32.1 Å². The molecule has 0 saturated carbocycles. The molecule has 8 nitrogen and oxygen atoms in total. The Morgan fingerprint density at radius 1 is 1.43 bits per heavy atom. The van der Waals surface area contributed by atoms with Crippen molar-refractivity contribution in [1.82, 2.24) is 9.88 Å². The van der Waals surface area contributed by atoms with Crippen LogP contribution in [0.25, 0.3) is 0 Å². The molecule has 3 rings (SSSR count). The van der Waals surface area contributed by atoms with Crippen molar-refractivity contribution in [3.05, 3.63) is 12.0 Å². The maximum atomic E-state index is 11.7. The second kappa shape index (κ2) is 6.10. The quantitative estimate of drug-likeness (QED) is 0.782. The highest BCUT2D eigenvalue weighted by atomic mass is 16.6. The van der Waals surface area contributed by atoms with Gasteiger partial charge in [-0.05, 0) is 19.8 Å². The molecule has 0 radical (unpaired) electrons. The maximum Gasteiger partial charge on any atom is 0.410 e. The molecule has 2 fully saturated rings. The smallest absolute Gasteiger partial charge is 0.410 e. The molecule has 0 N–H and O–H groups in total. The Hall–Kier alpha value is -2.25. The molecule has 23 heavy (non-hydrogen) atoms. The first kappa shape index (κ1) is 15.6. The number of hydrogen-bond acceptors (Lipinski definition) is 7. The number of carbonyl (C=O) groups excluding carboxylic acids is 2. The van der Waals surface area contributed by atoms with Crippen molar-refractivity contribution in [2.24, 2.45) is 0 Å². The first-order valence-corrected chi connectivity index (χ1v) is 7.85. The zero-order chi connectivity index (χ0) is 16.4. The summed E-state index contributed by atoms with van der Waals surface area (Å²) in [6, 6.07) is 0.405. The highest BCUT2D eigenvalue weighted by molar-refractivity contribution is 5.87. The van der Waals surface area contributed by atoms with Crippen molar-refractivity contribution < 1.29 is 23.5 Å². The van der Waals surface area contributed by atoms with Crippen molar-refractivity contribution in [1.29, 1.82) is 0 Å². The van der Waals surface area contributed by atoms with Gasteiger partial charge in [0.25, 0.3) is 6.01 Å². The maximum absolute atomic E-state index is 11.7. The van der Waals surface area contributed by atoms with Gasteiger partial charge in [-0.25, -0.2) is 9.59 Å². The van der Waals surface area contributed by atoms with Gasteiger partial charge in [0.05, 0.1) is 13.2 Å². The van der Waals surface area contributed by atoms with Crippen LogP contribution in [0, 0.1) is 0 Å². The Morgan fingerprint density at radius 3 is 2.96 bits per heavy atom. The van der Waals surface area contributed by atoms with E-state index in [1.807, 2.05) is 4.90 Å². The number of nitrogens with zero attached hydrogens (tertiary/aromatic N) is 3. The first-order valence-electron chi connectivity index (χ1n) is 7.85. The molecule has 2 saturated heterocycles. The van der Waals surface area contributed by atoms with Crippen LogP contribution < -0.4 is 4.90 Å². The van der Waals surface area contributed by atoms with E-state index in [1.54, 1.807) is 18.9 Å². The number of rotatable bonds is 3. The number of oxazole rings is 1. The van der Waals surface area contributed by atoms with Gasteiger partial charge in [0.2, 0.25) is 0 Å². The molecule has 1 spiro atoms. The predicted molar refractivity (Wildman–Crippen MR) is 80.4 cm³/mol. The topological polar surface area (TPSA) is 85.1 Å². The lowest BCUT2D eigenvalue weighted by Gasteiger charge is -2.24. The molecule has 1 atom stereocenters. The third kappa shape index (κ3) is 3.11. The van der Waals surface area contributed by atoms with Crippen LogP contribution in [0.5, 0.6) is 0 Å². The molecule has 126 valence electrons. The standard InChI is InChI=1S/C15H21N3O5/c1-3-21-12(19)11-9-22-13(16-11)18-7-4-5-15(6-8-18)10-17(2)14(20)23-15/h9H,3-8,10H2,1-2H3/t15-/m0/s1. The van der Waals surface area contributed by atoms with Gasteiger partial charge in [-0.2, -0.15) is 4.98 Å². The van der Waals surface area contributed by atoms with Crippen LogP contribution in [0.1, 0.15) is 36.7 Å². The van der Waals surface area contributed by atoms with Crippen LogP contribution in [-0.4, -0.2) is 60.8 Å². The number of carbonyl (C=O) groups is 2. The number of likely N-dealkylation sites (N-methyl/N-ethyl adjacent to an activating group) is 1. The molecule has 0 bridgehead atoms. The van der Waals surface area contributed by atoms with E-state index in [2.05, 4.69) is 4.98 Å². The lowest BCUT2D eigenvalue weighted by molar-refractivity contribution is 0.0471. The largest absolute Gasteiger partial charge is 0.461 e. The van der Waals surface area contributed by atoms with Crippen LogP contribution >= 0.6 is 0 Å². The first-order chi connectivity index (χ1) is 11.0. The number of hydrogen-bond donors (Lipinski definition) is 0. The van der Waals surface area contributed by atoms with Gasteiger partial charge in [-0.3, -0.25) is 0 Å². The monoisotopic (exact) mass is 323 g/mol. The number of anilines is 1. The number of aromatic nitrogens is 1. The van der Waals surface area contributed by atoms with Gasteiger partial charge in [-0.1, -0.05) is 0 Å². The van der Waals surface area contributed by atoms with Gasteiger partial charge in [0, 0.05) is 26.6 Å². The fourth-order valence-electron chi connectivity index (χ4n) is 3.12. The van der Waals surface area contributed by atoms with Crippen molar-refractivity contribution >= 4 is 18.1 Å².